The average molecular weight is 327 g/mol. The van der Waals surface area contributed by atoms with E-state index in [0.29, 0.717) is 6.42 Å². The molecule has 0 radical (unpaired) electrons. The molecule has 96 valence electrons. The number of aromatic nitrogens is 2. The van der Waals surface area contributed by atoms with Gasteiger partial charge in [0.15, 0.2) is 0 Å². The van der Waals surface area contributed by atoms with E-state index in [1.54, 1.807) is 11.3 Å². The molecule has 0 bridgehead atoms. The van der Waals surface area contributed by atoms with E-state index in [1.165, 1.54) is 0 Å². The fourth-order valence-corrected chi connectivity index (χ4v) is 3.41. The molecule has 2 rings (SSSR count). The molecule has 0 aromatic carbocycles. The molecular weight excluding hydrogens is 312 g/mol. The Morgan fingerprint density at radius 3 is 2.83 bits per heavy atom. The molecule has 0 spiro atoms. The third-order valence-corrected chi connectivity index (χ3v) is 4.74. The number of hydrogen-bond donors (Lipinski definition) is 1. The van der Waals surface area contributed by atoms with Crippen molar-refractivity contribution in [3.8, 4) is 0 Å². The quantitative estimate of drug-likeness (QED) is 0.936. The van der Waals surface area contributed by atoms with Crippen molar-refractivity contribution in [2.45, 2.75) is 32.8 Å². The van der Waals surface area contributed by atoms with Crippen LogP contribution in [0.3, 0.4) is 0 Å². The highest BCUT2D eigenvalue weighted by Gasteiger charge is 2.16. The van der Waals surface area contributed by atoms with E-state index in [0.717, 1.165) is 32.7 Å². The molecule has 3 nitrogen and oxygen atoms in total. The Hall–Kier alpha value is -0.780. The smallest absolute Gasteiger partial charge is 0.0857 e. The van der Waals surface area contributed by atoms with Crippen molar-refractivity contribution in [3.63, 3.8) is 0 Å². The second kappa shape index (κ2) is 5.91. The molecule has 5 heteroatoms. The van der Waals surface area contributed by atoms with Crippen LogP contribution in [-0.2, 0) is 12.8 Å². The average Bonchev–Trinajstić information content (AvgIpc) is 2.75. The summed E-state index contributed by atoms with van der Waals surface area (Å²) in [4.78, 5) is 1.15. The summed E-state index contributed by atoms with van der Waals surface area (Å²) in [6.07, 6.45) is 0.867. The molecule has 1 unspecified atom stereocenters. The zero-order valence-corrected chi connectivity index (χ0v) is 12.8. The van der Waals surface area contributed by atoms with Gasteiger partial charge in [-0.2, -0.15) is 10.2 Å². The second-order valence-electron chi connectivity index (χ2n) is 4.15. The SMILES string of the molecule is CCc1nnc(C)cc1C(O)Cc1sccc1Br. The van der Waals surface area contributed by atoms with Gasteiger partial charge in [-0.25, -0.2) is 0 Å². The topological polar surface area (TPSA) is 46.0 Å². The Morgan fingerprint density at radius 2 is 2.22 bits per heavy atom. The summed E-state index contributed by atoms with van der Waals surface area (Å²) < 4.78 is 1.06. The Bertz CT molecular complexity index is 542. The van der Waals surface area contributed by atoms with Gasteiger partial charge in [0.25, 0.3) is 0 Å². The molecule has 0 aliphatic carbocycles. The maximum absolute atomic E-state index is 10.4. The first-order chi connectivity index (χ1) is 8.61. The first kappa shape index (κ1) is 13.6. The highest BCUT2D eigenvalue weighted by molar-refractivity contribution is 9.10. The van der Waals surface area contributed by atoms with Gasteiger partial charge < -0.3 is 5.11 Å². The van der Waals surface area contributed by atoms with Gasteiger partial charge >= 0.3 is 0 Å². The van der Waals surface area contributed by atoms with Crippen LogP contribution in [0.15, 0.2) is 22.0 Å². The third-order valence-electron chi connectivity index (χ3n) is 2.79. The monoisotopic (exact) mass is 326 g/mol. The number of nitrogens with zero attached hydrogens (tertiary/aromatic N) is 2. The number of aryl methyl sites for hydroxylation is 2. The van der Waals surface area contributed by atoms with Crippen molar-refractivity contribution >= 4 is 27.3 Å². The van der Waals surface area contributed by atoms with E-state index in [1.807, 2.05) is 31.4 Å². The largest absolute Gasteiger partial charge is 0.388 e. The van der Waals surface area contributed by atoms with Crippen LogP contribution in [0.4, 0.5) is 0 Å². The van der Waals surface area contributed by atoms with Crippen molar-refractivity contribution in [2.75, 3.05) is 0 Å². The minimum Gasteiger partial charge on any atom is -0.388 e. The Labute approximate surface area is 119 Å². The highest BCUT2D eigenvalue weighted by Crippen LogP contribution is 2.29. The zero-order valence-electron chi connectivity index (χ0n) is 10.4. The van der Waals surface area contributed by atoms with Crippen LogP contribution in [0.5, 0.6) is 0 Å². The van der Waals surface area contributed by atoms with Gasteiger partial charge in [0.1, 0.15) is 0 Å². The summed E-state index contributed by atoms with van der Waals surface area (Å²) >= 11 is 5.14. The van der Waals surface area contributed by atoms with Gasteiger partial charge in [-0.3, -0.25) is 0 Å². The summed E-state index contributed by atoms with van der Waals surface area (Å²) in [6.45, 7) is 3.92. The summed E-state index contributed by atoms with van der Waals surface area (Å²) in [6, 6.07) is 3.93. The van der Waals surface area contributed by atoms with Crippen molar-refractivity contribution in [2.24, 2.45) is 0 Å². The molecule has 18 heavy (non-hydrogen) atoms. The van der Waals surface area contributed by atoms with Crippen molar-refractivity contribution < 1.29 is 5.11 Å². The minimum absolute atomic E-state index is 0.524. The number of aliphatic hydroxyl groups is 1. The van der Waals surface area contributed by atoms with Gasteiger partial charge in [-0.05, 0) is 46.8 Å². The van der Waals surface area contributed by atoms with E-state index < -0.39 is 6.10 Å². The first-order valence-corrected chi connectivity index (χ1v) is 7.52. The normalized spacial score (nSPS) is 12.7. The standard InChI is InChI=1S/C13H15BrN2OS/c1-3-11-9(6-8(2)15-16-11)12(17)7-13-10(14)4-5-18-13/h4-6,12,17H,3,7H2,1-2H3. The predicted octanol–water partition coefficient (Wildman–Crippen LogP) is 3.45. The van der Waals surface area contributed by atoms with Crippen LogP contribution in [0.2, 0.25) is 0 Å². The highest BCUT2D eigenvalue weighted by atomic mass is 79.9. The minimum atomic E-state index is -0.524. The number of thiophene rings is 1. The molecule has 0 saturated carbocycles. The number of halogens is 1. The van der Waals surface area contributed by atoms with Crippen LogP contribution in [0.1, 0.15) is 34.9 Å². The van der Waals surface area contributed by atoms with Gasteiger partial charge in [-0.1, -0.05) is 6.92 Å². The molecule has 0 aliphatic heterocycles. The first-order valence-electron chi connectivity index (χ1n) is 5.84. The van der Waals surface area contributed by atoms with Crippen molar-refractivity contribution in [1.29, 1.82) is 0 Å². The molecular formula is C13H15BrN2OS. The molecule has 0 amide bonds. The van der Waals surface area contributed by atoms with Gasteiger partial charge in [0, 0.05) is 21.3 Å². The fourth-order valence-electron chi connectivity index (χ4n) is 1.85. The summed E-state index contributed by atoms with van der Waals surface area (Å²) in [7, 11) is 0. The fraction of sp³-hybridized carbons (Fsp3) is 0.385. The molecule has 1 N–H and O–H groups in total. The maximum Gasteiger partial charge on any atom is 0.0857 e. The Balaban J connectivity index is 2.25. The van der Waals surface area contributed by atoms with Crippen LogP contribution >= 0.6 is 27.3 Å². The lowest BCUT2D eigenvalue weighted by Crippen LogP contribution is -2.08. The summed E-state index contributed by atoms with van der Waals surface area (Å²) in [5.41, 5.74) is 2.61. The molecule has 0 aliphatic rings. The summed E-state index contributed by atoms with van der Waals surface area (Å²) in [5, 5.41) is 20.6. The molecule has 2 aromatic heterocycles. The predicted molar refractivity (Wildman–Crippen MR) is 76.8 cm³/mol. The lowest BCUT2D eigenvalue weighted by molar-refractivity contribution is 0.177. The molecule has 2 aromatic rings. The van der Waals surface area contributed by atoms with Crippen LogP contribution in [0, 0.1) is 6.92 Å². The van der Waals surface area contributed by atoms with E-state index in [4.69, 9.17) is 0 Å². The lowest BCUT2D eigenvalue weighted by Gasteiger charge is -2.13. The van der Waals surface area contributed by atoms with Gasteiger partial charge in [-0.15, -0.1) is 11.3 Å². The van der Waals surface area contributed by atoms with E-state index in [9.17, 15) is 5.11 Å². The Kier molecular flexibility index (Phi) is 4.48. The van der Waals surface area contributed by atoms with Crippen LogP contribution in [-0.4, -0.2) is 15.3 Å². The number of rotatable bonds is 4. The molecule has 0 saturated heterocycles. The maximum atomic E-state index is 10.4. The second-order valence-corrected chi connectivity index (χ2v) is 6.01. The molecule has 1 atom stereocenters. The summed E-state index contributed by atoms with van der Waals surface area (Å²) in [5.74, 6) is 0. The van der Waals surface area contributed by atoms with E-state index >= 15 is 0 Å². The van der Waals surface area contributed by atoms with E-state index in [-0.39, 0.29) is 0 Å². The number of aliphatic hydroxyl groups excluding tert-OH is 1. The lowest BCUT2D eigenvalue weighted by atomic mass is 10.0. The Morgan fingerprint density at radius 1 is 1.44 bits per heavy atom. The van der Waals surface area contributed by atoms with Gasteiger partial charge in [0.2, 0.25) is 0 Å². The van der Waals surface area contributed by atoms with Gasteiger partial charge in [0.05, 0.1) is 17.5 Å². The number of hydrogen-bond acceptors (Lipinski definition) is 4. The van der Waals surface area contributed by atoms with Crippen LogP contribution in [0.25, 0.3) is 0 Å². The van der Waals surface area contributed by atoms with Crippen molar-refractivity contribution in [1.82, 2.24) is 10.2 Å². The van der Waals surface area contributed by atoms with Crippen LogP contribution < -0.4 is 0 Å². The van der Waals surface area contributed by atoms with E-state index in [2.05, 4.69) is 26.1 Å². The zero-order chi connectivity index (χ0) is 13.1. The third kappa shape index (κ3) is 2.96. The van der Waals surface area contributed by atoms with Crippen molar-refractivity contribution in [3.05, 3.63) is 43.8 Å². The molecule has 2 heterocycles. The molecule has 0 fully saturated rings.